The number of amides is 2. The van der Waals surface area contributed by atoms with Crippen molar-refractivity contribution in [2.75, 3.05) is 26.2 Å². The number of carbonyl (C=O) groups excluding carboxylic acids is 1. The summed E-state index contributed by atoms with van der Waals surface area (Å²) in [5, 5.41) is 12.3. The number of nitrogens with zero attached hydrogens (tertiary/aromatic N) is 5. The van der Waals surface area contributed by atoms with Gasteiger partial charge in [0.15, 0.2) is 5.84 Å². The molecule has 0 spiro atoms. The molecule has 2 N–H and O–H groups in total. The van der Waals surface area contributed by atoms with E-state index in [1.165, 1.54) is 5.56 Å². The Labute approximate surface area is 179 Å². The number of rotatable bonds is 4. The minimum Gasteiger partial charge on any atom is -0.321 e. The summed E-state index contributed by atoms with van der Waals surface area (Å²) in [6.07, 6.45) is 0.258. The average molecular weight is 433 g/mol. The number of nitrogens with two attached hydrogens (primary N) is 1. The van der Waals surface area contributed by atoms with Crippen molar-refractivity contribution in [3.05, 3.63) is 69.7 Å². The molecule has 2 aromatic carbocycles. The Morgan fingerprint density at radius 2 is 1.72 bits per heavy atom. The summed E-state index contributed by atoms with van der Waals surface area (Å²) in [4.78, 5) is 16.3. The average Bonchev–Trinajstić information content (AvgIpc) is 2.73. The summed E-state index contributed by atoms with van der Waals surface area (Å²) >= 11 is 12.1. The fraction of sp³-hybridized carbons (Fsp3) is 0.300. The van der Waals surface area contributed by atoms with Crippen LogP contribution in [-0.2, 0) is 13.0 Å². The van der Waals surface area contributed by atoms with Gasteiger partial charge >= 0.3 is 6.03 Å². The zero-order valence-corrected chi connectivity index (χ0v) is 17.4. The second-order valence-corrected chi connectivity index (χ2v) is 7.53. The number of halogens is 2. The molecular formula is C20H22Cl2N6O. The van der Waals surface area contributed by atoms with E-state index in [1.54, 1.807) is 23.1 Å². The Morgan fingerprint density at radius 1 is 1.00 bits per heavy atom. The maximum atomic E-state index is 12.4. The maximum Gasteiger partial charge on any atom is 0.362 e. The lowest BCUT2D eigenvalue weighted by atomic mass is 10.1. The van der Waals surface area contributed by atoms with Crippen LogP contribution in [0.5, 0.6) is 0 Å². The van der Waals surface area contributed by atoms with Crippen LogP contribution >= 0.6 is 23.2 Å². The minimum absolute atomic E-state index is 0.213. The molecule has 152 valence electrons. The summed E-state index contributed by atoms with van der Waals surface area (Å²) in [5.41, 5.74) is 2.01. The van der Waals surface area contributed by atoms with Crippen molar-refractivity contribution in [2.45, 2.75) is 13.0 Å². The van der Waals surface area contributed by atoms with Gasteiger partial charge in [0.05, 0.1) is 0 Å². The highest BCUT2D eigenvalue weighted by atomic mass is 35.5. The van der Waals surface area contributed by atoms with Gasteiger partial charge in [-0.15, -0.1) is 5.11 Å². The standard InChI is InChI=1S/C20H22Cl2N6O/c21-17-7-6-16(18(22)13-17)12-19(24-23)25-26-20(29)28-10-8-27(9-11-28)14-15-4-2-1-3-5-15/h1-7,13H,8-12,14,23H2. The highest BCUT2D eigenvalue weighted by Crippen LogP contribution is 2.21. The molecular weight excluding hydrogens is 411 g/mol. The van der Waals surface area contributed by atoms with Gasteiger partial charge in [-0.3, -0.25) is 4.90 Å². The number of benzene rings is 2. The molecule has 0 aromatic heterocycles. The molecule has 1 aliphatic heterocycles. The Kier molecular flexibility index (Phi) is 7.57. The van der Waals surface area contributed by atoms with Gasteiger partial charge in [-0.1, -0.05) is 64.7 Å². The molecule has 9 heteroatoms. The van der Waals surface area contributed by atoms with Crippen LogP contribution in [0.1, 0.15) is 11.1 Å². The number of carbonyl (C=O) groups is 1. The number of piperazine rings is 1. The van der Waals surface area contributed by atoms with Crippen molar-refractivity contribution in [2.24, 2.45) is 21.2 Å². The van der Waals surface area contributed by atoms with Gasteiger partial charge in [0.1, 0.15) is 0 Å². The first kappa shape index (κ1) is 21.2. The predicted octanol–water partition coefficient (Wildman–Crippen LogP) is 4.20. The molecule has 29 heavy (non-hydrogen) atoms. The van der Waals surface area contributed by atoms with E-state index in [-0.39, 0.29) is 12.3 Å². The number of azo groups is 1. The van der Waals surface area contributed by atoms with Gasteiger partial charge in [-0.05, 0) is 23.3 Å². The molecule has 2 aromatic rings. The van der Waals surface area contributed by atoms with E-state index in [4.69, 9.17) is 29.0 Å². The topological polar surface area (TPSA) is 86.6 Å². The molecule has 1 heterocycles. The fourth-order valence-corrected chi connectivity index (χ4v) is 3.52. The third-order valence-corrected chi connectivity index (χ3v) is 5.24. The van der Waals surface area contributed by atoms with Crippen molar-refractivity contribution in [1.82, 2.24) is 9.80 Å². The van der Waals surface area contributed by atoms with Gasteiger partial charge in [0.25, 0.3) is 0 Å². The third-order valence-electron chi connectivity index (χ3n) is 4.66. The smallest absolute Gasteiger partial charge is 0.321 e. The fourth-order valence-electron chi connectivity index (χ4n) is 3.04. The molecule has 0 atom stereocenters. The molecule has 7 nitrogen and oxygen atoms in total. The molecule has 0 aliphatic carbocycles. The monoisotopic (exact) mass is 432 g/mol. The minimum atomic E-state index is -0.396. The van der Waals surface area contributed by atoms with Crippen molar-refractivity contribution >= 4 is 35.1 Å². The van der Waals surface area contributed by atoms with Crippen LogP contribution in [0.3, 0.4) is 0 Å². The molecule has 0 saturated carbocycles. The highest BCUT2D eigenvalue weighted by Gasteiger charge is 2.21. The van der Waals surface area contributed by atoms with Crippen LogP contribution in [-0.4, -0.2) is 47.8 Å². The number of amidine groups is 1. The largest absolute Gasteiger partial charge is 0.362 e. The summed E-state index contributed by atoms with van der Waals surface area (Å²) in [5.74, 6) is 5.60. The molecule has 2 amide bonds. The van der Waals surface area contributed by atoms with Crippen molar-refractivity contribution in [3.63, 3.8) is 0 Å². The first-order valence-corrected chi connectivity index (χ1v) is 9.98. The number of urea groups is 1. The number of hydrogen-bond donors (Lipinski definition) is 1. The Morgan fingerprint density at radius 3 is 2.38 bits per heavy atom. The Hall–Kier alpha value is -2.48. The molecule has 0 unspecified atom stereocenters. The van der Waals surface area contributed by atoms with Crippen LogP contribution < -0.4 is 5.84 Å². The zero-order chi connectivity index (χ0) is 20.6. The SMILES string of the molecule is NN=C(Cc1ccc(Cl)cc1Cl)N=NC(=O)N1CCN(Cc2ccccc2)CC1. The molecule has 0 radical (unpaired) electrons. The molecule has 0 bridgehead atoms. The van der Waals surface area contributed by atoms with Crippen LogP contribution in [0.2, 0.25) is 10.0 Å². The van der Waals surface area contributed by atoms with E-state index < -0.39 is 6.03 Å². The summed E-state index contributed by atoms with van der Waals surface area (Å²) < 4.78 is 0. The Bertz CT molecular complexity index is 895. The van der Waals surface area contributed by atoms with Crippen LogP contribution in [0.4, 0.5) is 4.79 Å². The summed E-state index contributed by atoms with van der Waals surface area (Å²) in [6.45, 7) is 3.64. The van der Waals surface area contributed by atoms with Crippen molar-refractivity contribution in [3.8, 4) is 0 Å². The zero-order valence-electron chi connectivity index (χ0n) is 15.8. The summed E-state index contributed by atoms with van der Waals surface area (Å²) in [7, 11) is 0. The van der Waals surface area contributed by atoms with E-state index in [0.717, 1.165) is 25.2 Å². The lowest BCUT2D eigenvalue weighted by molar-refractivity contribution is 0.140. The Balaban J connectivity index is 1.51. The van der Waals surface area contributed by atoms with Gasteiger partial charge in [0.2, 0.25) is 0 Å². The first-order chi connectivity index (χ1) is 14.0. The van der Waals surface area contributed by atoms with Gasteiger partial charge in [-0.2, -0.15) is 5.10 Å². The van der Waals surface area contributed by atoms with Crippen LogP contribution in [0.25, 0.3) is 0 Å². The van der Waals surface area contributed by atoms with E-state index in [1.807, 2.05) is 18.2 Å². The maximum absolute atomic E-state index is 12.4. The number of hydrazone groups is 1. The van der Waals surface area contributed by atoms with Crippen molar-refractivity contribution < 1.29 is 4.79 Å². The van der Waals surface area contributed by atoms with E-state index >= 15 is 0 Å². The van der Waals surface area contributed by atoms with Crippen molar-refractivity contribution in [1.29, 1.82) is 0 Å². The first-order valence-electron chi connectivity index (χ1n) is 9.23. The van der Waals surface area contributed by atoms with Gasteiger partial charge in [-0.25, -0.2) is 4.79 Å². The normalized spacial score (nSPS) is 15.8. The van der Waals surface area contributed by atoms with Crippen LogP contribution in [0, 0.1) is 0 Å². The van der Waals surface area contributed by atoms with Gasteiger partial charge < -0.3 is 10.7 Å². The second-order valence-electron chi connectivity index (χ2n) is 6.69. The lowest BCUT2D eigenvalue weighted by Crippen LogP contribution is -2.47. The third kappa shape index (κ3) is 6.25. The van der Waals surface area contributed by atoms with E-state index in [9.17, 15) is 4.79 Å². The molecule has 1 fully saturated rings. The second kappa shape index (κ2) is 10.3. The molecule has 3 rings (SSSR count). The number of hydrogen-bond acceptors (Lipinski definition) is 4. The molecule has 1 saturated heterocycles. The predicted molar refractivity (Wildman–Crippen MR) is 115 cm³/mol. The van der Waals surface area contributed by atoms with Crippen LogP contribution in [0.15, 0.2) is 63.9 Å². The summed E-state index contributed by atoms with van der Waals surface area (Å²) in [6, 6.07) is 15.0. The lowest BCUT2D eigenvalue weighted by Gasteiger charge is -2.33. The quantitative estimate of drug-likeness (QED) is 0.258. The van der Waals surface area contributed by atoms with E-state index in [0.29, 0.717) is 23.1 Å². The molecule has 1 aliphatic rings. The van der Waals surface area contributed by atoms with E-state index in [2.05, 4.69) is 32.4 Å². The highest BCUT2D eigenvalue weighted by molar-refractivity contribution is 6.35. The van der Waals surface area contributed by atoms with Gasteiger partial charge in [0, 0.05) is 49.2 Å².